The van der Waals surface area contributed by atoms with Crippen LogP contribution >= 0.6 is 0 Å². The highest BCUT2D eigenvalue weighted by Gasteiger charge is 2.07. The first-order chi connectivity index (χ1) is 8.17. The molecule has 0 aromatic heterocycles. The van der Waals surface area contributed by atoms with E-state index in [9.17, 15) is 9.00 Å². The Hall–Kier alpha value is -1.20. The molecular weight excluding hydrogens is 240 g/mol. The Labute approximate surface area is 103 Å². The molecule has 0 aliphatic carbocycles. The molecule has 0 spiro atoms. The number of methoxy groups -OCH3 is 1. The zero-order chi connectivity index (χ0) is 12.7. The average molecular weight is 256 g/mol. The molecule has 1 unspecified atom stereocenters. The summed E-state index contributed by atoms with van der Waals surface area (Å²) in [7, 11) is 0.321. The number of hydrogen-bond acceptors (Lipinski definition) is 4. The number of benzene rings is 1. The van der Waals surface area contributed by atoms with E-state index in [0.29, 0.717) is 23.5 Å². The number of carbonyl (C=O) groups excluding carboxylic acids is 1. The highest BCUT2D eigenvalue weighted by molar-refractivity contribution is 7.84. The number of carbonyl (C=O) groups is 1. The summed E-state index contributed by atoms with van der Waals surface area (Å²) in [6, 6.07) is 6.91. The summed E-state index contributed by atoms with van der Waals surface area (Å²) in [5.74, 6) is 0.469. The predicted octanol–water partition coefficient (Wildman–Crippen LogP) is 1.10. The van der Waals surface area contributed by atoms with Gasteiger partial charge >= 0.3 is 5.97 Å². The van der Waals surface area contributed by atoms with Gasteiger partial charge in [-0.25, -0.2) is 4.79 Å². The summed E-state index contributed by atoms with van der Waals surface area (Å²) < 4.78 is 16.2. The fraction of sp³-hybridized carbons (Fsp3) is 0.417. The third-order valence-electron chi connectivity index (χ3n) is 2.21. The van der Waals surface area contributed by atoms with Crippen LogP contribution in [0.1, 0.15) is 22.3 Å². The molecular formula is C12H16O4S. The van der Waals surface area contributed by atoms with Crippen molar-refractivity contribution in [1.82, 2.24) is 0 Å². The maximum Gasteiger partial charge on any atom is 0.337 e. The van der Waals surface area contributed by atoms with E-state index in [1.807, 2.05) is 6.07 Å². The molecule has 17 heavy (non-hydrogen) atoms. The second-order valence-electron chi connectivity index (χ2n) is 3.56. The highest BCUT2D eigenvalue weighted by Crippen LogP contribution is 2.09. The van der Waals surface area contributed by atoms with E-state index in [2.05, 4.69) is 4.74 Å². The number of ether oxygens (including phenoxy) is 1. The van der Waals surface area contributed by atoms with Crippen molar-refractivity contribution in [3.8, 4) is 0 Å². The Morgan fingerprint density at radius 3 is 2.88 bits per heavy atom. The van der Waals surface area contributed by atoms with Gasteiger partial charge in [0.25, 0.3) is 0 Å². The van der Waals surface area contributed by atoms with Crippen LogP contribution in [0, 0.1) is 0 Å². The van der Waals surface area contributed by atoms with Crippen molar-refractivity contribution < 1.29 is 18.8 Å². The predicted molar refractivity (Wildman–Crippen MR) is 66.2 cm³/mol. The number of rotatable bonds is 6. The summed E-state index contributed by atoms with van der Waals surface area (Å²) in [4.78, 5) is 11.3. The molecule has 5 heteroatoms. The lowest BCUT2D eigenvalue weighted by atomic mass is 10.1. The Balaban J connectivity index is 2.65. The molecule has 0 amide bonds. The van der Waals surface area contributed by atoms with Gasteiger partial charge in [0.1, 0.15) is 0 Å². The van der Waals surface area contributed by atoms with Crippen molar-refractivity contribution in [1.29, 1.82) is 0 Å². The van der Waals surface area contributed by atoms with Gasteiger partial charge in [-0.3, -0.25) is 4.21 Å². The van der Waals surface area contributed by atoms with Gasteiger partial charge in [0.15, 0.2) is 0 Å². The van der Waals surface area contributed by atoms with E-state index in [0.717, 1.165) is 5.56 Å². The molecule has 0 bridgehead atoms. The van der Waals surface area contributed by atoms with Gasteiger partial charge in [0.05, 0.1) is 12.7 Å². The molecule has 1 aromatic carbocycles. The van der Waals surface area contributed by atoms with E-state index in [1.54, 1.807) is 18.2 Å². The second kappa shape index (κ2) is 7.19. The molecule has 94 valence electrons. The normalized spacial score (nSPS) is 12.1. The summed E-state index contributed by atoms with van der Waals surface area (Å²) in [6.45, 7) is 0.0495. The third-order valence-corrected chi connectivity index (χ3v) is 3.61. The Kier molecular flexibility index (Phi) is 5.86. The van der Waals surface area contributed by atoms with E-state index < -0.39 is 16.8 Å². The van der Waals surface area contributed by atoms with Crippen LogP contribution in [0.5, 0.6) is 0 Å². The molecule has 1 aromatic rings. The zero-order valence-corrected chi connectivity index (χ0v) is 10.5. The smallest absolute Gasteiger partial charge is 0.337 e. The van der Waals surface area contributed by atoms with Crippen LogP contribution < -0.4 is 0 Å². The van der Waals surface area contributed by atoms with Crippen molar-refractivity contribution in [3.63, 3.8) is 0 Å². The third kappa shape index (κ3) is 4.66. The Morgan fingerprint density at radius 1 is 1.47 bits per heavy atom. The van der Waals surface area contributed by atoms with Crippen molar-refractivity contribution in [2.45, 2.75) is 12.2 Å². The maximum atomic E-state index is 11.6. The maximum absolute atomic E-state index is 11.6. The molecule has 1 atom stereocenters. The van der Waals surface area contributed by atoms with Gasteiger partial charge in [-0.1, -0.05) is 12.1 Å². The van der Waals surface area contributed by atoms with E-state index in [4.69, 9.17) is 5.11 Å². The number of hydrogen-bond donors (Lipinski definition) is 1. The molecule has 0 saturated carbocycles. The quantitative estimate of drug-likeness (QED) is 0.774. The van der Waals surface area contributed by atoms with Gasteiger partial charge in [0, 0.05) is 28.9 Å². The Bertz CT molecular complexity index is 403. The lowest BCUT2D eigenvalue weighted by Crippen LogP contribution is -2.05. The molecule has 1 rings (SSSR count). The first-order valence-corrected chi connectivity index (χ1v) is 6.79. The zero-order valence-electron chi connectivity index (χ0n) is 9.72. The molecule has 0 fully saturated rings. The number of aliphatic hydroxyl groups excluding tert-OH is 1. The van der Waals surface area contributed by atoms with Crippen molar-refractivity contribution >= 4 is 16.8 Å². The fourth-order valence-corrected chi connectivity index (χ4v) is 2.54. The van der Waals surface area contributed by atoms with Gasteiger partial charge in [0.2, 0.25) is 0 Å². The van der Waals surface area contributed by atoms with Crippen LogP contribution in [0.25, 0.3) is 0 Å². The molecule has 0 saturated heterocycles. The largest absolute Gasteiger partial charge is 0.465 e. The number of aliphatic hydroxyl groups is 1. The summed E-state index contributed by atoms with van der Waals surface area (Å²) in [5.41, 5.74) is 1.30. The lowest BCUT2D eigenvalue weighted by molar-refractivity contribution is 0.0600. The monoisotopic (exact) mass is 256 g/mol. The van der Waals surface area contributed by atoms with Gasteiger partial charge < -0.3 is 9.84 Å². The highest BCUT2D eigenvalue weighted by atomic mass is 32.2. The van der Waals surface area contributed by atoms with Crippen LogP contribution in [-0.4, -0.2) is 34.8 Å². The van der Waals surface area contributed by atoms with E-state index >= 15 is 0 Å². The van der Waals surface area contributed by atoms with Gasteiger partial charge in [-0.2, -0.15) is 0 Å². The van der Waals surface area contributed by atoms with Gasteiger partial charge in [-0.05, 0) is 24.1 Å². The van der Waals surface area contributed by atoms with Crippen LogP contribution in [-0.2, 0) is 21.3 Å². The van der Waals surface area contributed by atoms with Crippen LogP contribution in [0.4, 0.5) is 0 Å². The standard InChI is InChI=1S/C12H16O4S/c1-16-12(14)11-5-2-4-10(8-11)9-17(15)7-3-6-13/h2,4-5,8,13H,3,6-7,9H2,1H3. The van der Waals surface area contributed by atoms with E-state index in [-0.39, 0.29) is 6.61 Å². The summed E-state index contributed by atoms with van der Waals surface area (Å²) >= 11 is 0. The SMILES string of the molecule is COC(=O)c1cccc(CS(=O)CCCO)c1. The fourth-order valence-electron chi connectivity index (χ4n) is 1.39. The van der Waals surface area contributed by atoms with Crippen LogP contribution in [0.2, 0.25) is 0 Å². The van der Waals surface area contributed by atoms with Gasteiger partial charge in [-0.15, -0.1) is 0 Å². The van der Waals surface area contributed by atoms with Crippen LogP contribution in [0.3, 0.4) is 0 Å². The molecule has 4 nitrogen and oxygen atoms in total. The van der Waals surface area contributed by atoms with Crippen molar-refractivity contribution in [2.24, 2.45) is 0 Å². The molecule has 0 heterocycles. The first-order valence-electron chi connectivity index (χ1n) is 5.30. The minimum Gasteiger partial charge on any atom is -0.465 e. The van der Waals surface area contributed by atoms with Crippen LogP contribution in [0.15, 0.2) is 24.3 Å². The topological polar surface area (TPSA) is 63.6 Å². The molecule has 1 N–H and O–H groups in total. The lowest BCUT2D eigenvalue weighted by Gasteiger charge is -2.04. The molecule has 0 radical (unpaired) electrons. The van der Waals surface area contributed by atoms with E-state index in [1.165, 1.54) is 7.11 Å². The minimum atomic E-state index is -1.01. The first kappa shape index (κ1) is 13.9. The minimum absolute atomic E-state index is 0.0495. The summed E-state index contributed by atoms with van der Waals surface area (Å²) in [5, 5.41) is 8.63. The Morgan fingerprint density at radius 2 is 2.24 bits per heavy atom. The average Bonchev–Trinajstić information content (AvgIpc) is 2.35. The van der Waals surface area contributed by atoms with Crippen molar-refractivity contribution in [2.75, 3.05) is 19.5 Å². The molecule has 0 aliphatic rings. The van der Waals surface area contributed by atoms with Crippen molar-refractivity contribution in [3.05, 3.63) is 35.4 Å². The summed E-state index contributed by atoms with van der Waals surface area (Å²) in [6.07, 6.45) is 0.531. The second-order valence-corrected chi connectivity index (χ2v) is 5.13. The molecule has 0 aliphatic heterocycles. The number of esters is 1.